The van der Waals surface area contributed by atoms with Gasteiger partial charge in [-0.25, -0.2) is 4.84 Å². The van der Waals surface area contributed by atoms with E-state index in [2.05, 4.69) is 4.84 Å². The Morgan fingerprint density at radius 1 is 1.10 bits per heavy atom. The third-order valence-corrected chi connectivity index (χ3v) is 1.80. The molecule has 60 valence electrons. The molecule has 1 saturated carbocycles. The minimum atomic E-state index is -0.185. The van der Waals surface area contributed by atoms with Gasteiger partial charge in [-0.2, -0.15) is 0 Å². The van der Waals surface area contributed by atoms with Crippen LogP contribution >= 0.6 is 0 Å². The summed E-state index contributed by atoms with van der Waals surface area (Å²) in [6.45, 7) is 0. The van der Waals surface area contributed by atoms with Gasteiger partial charge in [-0.15, -0.1) is 0 Å². The van der Waals surface area contributed by atoms with Crippen LogP contribution < -0.4 is 0 Å². The molecule has 2 N–H and O–H groups in total. The molecule has 0 amide bonds. The predicted octanol–water partition coefficient (Wildman–Crippen LogP) is 1.33. The summed E-state index contributed by atoms with van der Waals surface area (Å²) in [4.78, 5) is 4.64. The van der Waals surface area contributed by atoms with E-state index in [1.165, 1.54) is 6.42 Å². The molecule has 0 saturated heterocycles. The van der Waals surface area contributed by atoms with Gasteiger partial charge in [0, 0.05) is 0 Å². The molecule has 0 heterocycles. The number of hydrogen-bond acceptors (Lipinski definition) is 4. The topological polar surface area (TPSA) is 52.9 Å². The van der Waals surface area contributed by atoms with Crippen LogP contribution in [-0.2, 0) is 4.84 Å². The zero-order valence-electron chi connectivity index (χ0n) is 5.86. The molecule has 1 aliphatic carbocycles. The SMILES string of the molecule is ON(O)OC1CCCCC1. The average molecular weight is 147 g/mol. The molecule has 0 atom stereocenters. The third-order valence-electron chi connectivity index (χ3n) is 1.80. The second-order valence-electron chi connectivity index (χ2n) is 2.62. The van der Waals surface area contributed by atoms with Crippen molar-refractivity contribution in [1.82, 2.24) is 5.39 Å². The summed E-state index contributed by atoms with van der Waals surface area (Å²) in [6, 6.07) is 0. The first-order valence-corrected chi connectivity index (χ1v) is 3.63. The lowest BCUT2D eigenvalue weighted by molar-refractivity contribution is -0.506. The summed E-state index contributed by atoms with van der Waals surface area (Å²) in [5.74, 6) is 0. The van der Waals surface area contributed by atoms with Gasteiger partial charge in [0.05, 0.1) is 11.5 Å². The normalized spacial score (nSPS) is 21.9. The van der Waals surface area contributed by atoms with Gasteiger partial charge >= 0.3 is 0 Å². The second kappa shape index (κ2) is 3.88. The molecule has 1 rings (SSSR count). The first kappa shape index (κ1) is 7.94. The van der Waals surface area contributed by atoms with E-state index in [0.717, 1.165) is 25.7 Å². The van der Waals surface area contributed by atoms with Gasteiger partial charge < -0.3 is 0 Å². The van der Waals surface area contributed by atoms with Crippen molar-refractivity contribution in [2.24, 2.45) is 0 Å². The summed E-state index contributed by atoms with van der Waals surface area (Å²) in [5.41, 5.74) is 0. The molecule has 0 bridgehead atoms. The van der Waals surface area contributed by atoms with Gasteiger partial charge in [-0.3, -0.25) is 10.4 Å². The van der Waals surface area contributed by atoms with E-state index in [1.54, 1.807) is 0 Å². The predicted molar refractivity (Wildman–Crippen MR) is 33.4 cm³/mol. The Morgan fingerprint density at radius 3 is 2.20 bits per heavy atom. The molecule has 0 aromatic heterocycles. The molecule has 0 aromatic carbocycles. The quantitative estimate of drug-likeness (QED) is 0.578. The van der Waals surface area contributed by atoms with Crippen LogP contribution in [0.2, 0.25) is 0 Å². The van der Waals surface area contributed by atoms with Crippen LogP contribution in [0.5, 0.6) is 0 Å². The lowest BCUT2D eigenvalue weighted by Crippen LogP contribution is -2.25. The highest BCUT2D eigenvalue weighted by Crippen LogP contribution is 2.20. The maximum atomic E-state index is 8.27. The molecule has 0 aromatic rings. The molecule has 4 heteroatoms. The summed E-state index contributed by atoms with van der Waals surface area (Å²) in [5, 5.41) is 16.4. The summed E-state index contributed by atoms with van der Waals surface area (Å²) in [6.07, 6.45) is 5.34. The zero-order valence-corrected chi connectivity index (χ0v) is 5.86. The molecule has 0 aliphatic heterocycles. The standard InChI is InChI=1S/C6H13NO3/c8-7(9)10-6-4-2-1-3-5-6/h6,8-9H,1-5H2. The monoisotopic (exact) mass is 147 g/mol. The van der Waals surface area contributed by atoms with E-state index < -0.39 is 0 Å². The van der Waals surface area contributed by atoms with Gasteiger partial charge in [0.15, 0.2) is 0 Å². The van der Waals surface area contributed by atoms with Crippen LogP contribution in [-0.4, -0.2) is 21.9 Å². The Kier molecular flexibility index (Phi) is 3.08. The minimum absolute atomic E-state index is 0.00347. The number of rotatable bonds is 2. The molecular weight excluding hydrogens is 134 g/mol. The summed E-state index contributed by atoms with van der Waals surface area (Å²) < 4.78 is 0. The first-order chi connectivity index (χ1) is 4.79. The average Bonchev–Trinajstić information content (AvgIpc) is 1.88. The highest BCUT2D eigenvalue weighted by atomic mass is 17.1. The van der Waals surface area contributed by atoms with Crippen molar-refractivity contribution in [1.29, 1.82) is 0 Å². The van der Waals surface area contributed by atoms with Gasteiger partial charge in [-0.05, 0) is 12.8 Å². The van der Waals surface area contributed by atoms with Crippen LogP contribution in [0.25, 0.3) is 0 Å². The third kappa shape index (κ3) is 2.62. The van der Waals surface area contributed by atoms with Crippen molar-refractivity contribution in [2.45, 2.75) is 38.2 Å². The zero-order chi connectivity index (χ0) is 7.40. The van der Waals surface area contributed by atoms with Crippen molar-refractivity contribution in [3.05, 3.63) is 0 Å². The fourth-order valence-electron chi connectivity index (χ4n) is 1.30. The Morgan fingerprint density at radius 2 is 1.70 bits per heavy atom. The van der Waals surface area contributed by atoms with Crippen LogP contribution in [0.3, 0.4) is 0 Å². The highest BCUT2D eigenvalue weighted by Gasteiger charge is 2.15. The van der Waals surface area contributed by atoms with Crippen LogP contribution in [0, 0.1) is 0 Å². The van der Waals surface area contributed by atoms with Crippen LogP contribution in [0.15, 0.2) is 0 Å². The van der Waals surface area contributed by atoms with Crippen molar-refractivity contribution in [2.75, 3.05) is 0 Å². The molecule has 0 spiro atoms. The molecular formula is C6H13NO3. The maximum Gasteiger partial charge on any atom is 0.0844 e. The minimum Gasteiger partial charge on any atom is -0.266 e. The molecule has 1 aliphatic rings. The second-order valence-corrected chi connectivity index (χ2v) is 2.62. The van der Waals surface area contributed by atoms with Gasteiger partial charge in [-0.1, -0.05) is 19.3 Å². The lowest BCUT2D eigenvalue weighted by Gasteiger charge is -2.21. The van der Waals surface area contributed by atoms with E-state index in [0.29, 0.717) is 0 Å². The number of nitrogens with zero attached hydrogens (tertiary/aromatic N) is 1. The van der Waals surface area contributed by atoms with Crippen molar-refractivity contribution >= 4 is 0 Å². The largest absolute Gasteiger partial charge is 0.266 e. The molecule has 1 fully saturated rings. The van der Waals surface area contributed by atoms with Crippen LogP contribution in [0.1, 0.15) is 32.1 Å². The number of hydrogen-bond donors (Lipinski definition) is 2. The van der Waals surface area contributed by atoms with Gasteiger partial charge in [0.25, 0.3) is 0 Å². The van der Waals surface area contributed by atoms with E-state index in [-0.39, 0.29) is 11.5 Å². The molecule has 0 radical (unpaired) electrons. The Balaban J connectivity index is 2.13. The van der Waals surface area contributed by atoms with Crippen molar-refractivity contribution in [3.63, 3.8) is 0 Å². The fraction of sp³-hybridized carbons (Fsp3) is 1.00. The Bertz CT molecular complexity index is 91.0. The molecule has 10 heavy (non-hydrogen) atoms. The van der Waals surface area contributed by atoms with E-state index in [4.69, 9.17) is 10.4 Å². The smallest absolute Gasteiger partial charge is 0.0844 e. The van der Waals surface area contributed by atoms with E-state index in [1.807, 2.05) is 0 Å². The fourth-order valence-corrected chi connectivity index (χ4v) is 1.30. The molecule has 4 nitrogen and oxygen atoms in total. The highest BCUT2D eigenvalue weighted by molar-refractivity contribution is 4.63. The Labute approximate surface area is 59.9 Å². The Hall–Kier alpha value is -0.160. The van der Waals surface area contributed by atoms with Gasteiger partial charge in [0.1, 0.15) is 0 Å². The summed E-state index contributed by atoms with van der Waals surface area (Å²) in [7, 11) is 0. The molecule has 0 unspecified atom stereocenters. The lowest BCUT2D eigenvalue weighted by atomic mass is 9.98. The maximum absolute atomic E-state index is 8.27. The first-order valence-electron chi connectivity index (χ1n) is 3.63. The van der Waals surface area contributed by atoms with Gasteiger partial charge in [0.2, 0.25) is 0 Å². The van der Waals surface area contributed by atoms with Crippen molar-refractivity contribution in [3.8, 4) is 0 Å². The van der Waals surface area contributed by atoms with E-state index in [9.17, 15) is 0 Å². The van der Waals surface area contributed by atoms with Crippen LogP contribution in [0.4, 0.5) is 0 Å². The van der Waals surface area contributed by atoms with Crippen molar-refractivity contribution < 1.29 is 15.3 Å². The summed E-state index contributed by atoms with van der Waals surface area (Å²) >= 11 is 0. The van der Waals surface area contributed by atoms with E-state index >= 15 is 0 Å².